The summed E-state index contributed by atoms with van der Waals surface area (Å²) in [5, 5.41) is 26.8. The largest absolute Gasteiger partial charge is 0.388 e. The van der Waals surface area contributed by atoms with Crippen LogP contribution in [0.1, 0.15) is 24.1 Å². The SMILES string of the molecule is Cc1cc(N=C(NO)c2nonc2NCCCC(=N)N)ccc1F. The van der Waals surface area contributed by atoms with E-state index in [1.807, 2.05) is 5.48 Å². The Morgan fingerprint density at radius 1 is 1.46 bits per heavy atom. The Morgan fingerprint density at radius 2 is 2.25 bits per heavy atom. The molecule has 128 valence electrons. The summed E-state index contributed by atoms with van der Waals surface area (Å²) in [7, 11) is 0. The van der Waals surface area contributed by atoms with E-state index < -0.39 is 0 Å². The molecular formula is C14H18FN7O2. The standard InChI is InChI=1S/C14H18FN7O2/c1-8-7-9(4-5-10(8)15)19-14(20-23)12-13(22-24-21-12)18-6-2-3-11(16)17/h4-5,7,23H,2-3,6H2,1H3,(H3,16,17)(H,18,22)(H,19,20). The van der Waals surface area contributed by atoms with Crippen molar-refractivity contribution in [2.24, 2.45) is 10.7 Å². The fourth-order valence-corrected chi connectivity index (χ4v) is 1.90. The summed E-state index contributed by atoms with van der Waals surface area (Å²) in [4.78, 5) is 4.17. The highest BCUT2D eigenvalue weighted by molar-refractivity contribution is 6.01. The van der Waals surface area contributed by atoms with Gasteiger partial charge in [-0.3, -0.25) is 16.1 Å². The minimum Gasteiger partial charge on any atom is -0.388 e. The Kier molecular flexibility index (Phi) is 5.79. The lowest BCUT2D eigenvalue weighted by Crippen LogP contribution is -2.22. The zero-order valence-electron chi connectivity index (χ0n) is 13.0. The third-order valence-corrected chi connectivity index (χ3v) is 3.12. The Hall–Kier alpha value is -3.01. The summed E-state index contributed by atoms with van der Waals surface area (Å²) in [6.07, 6.45) is 1.07. The number of anilines is 1. The van der Waals surface area contributed by atoms with Crippen molar-refractivity contribution in [3.05, 3.63) is 35.3 Å². The fraction of sp³-hybridized carbons (Fsp3) is 0.286. The number of halogens is 1. The van der Waals surface area contributed by atoms with E-state index in [-0.39, 0.29) is 29.0 Å². The van der Waals surface area contributed by atoms with Gasteiger partial charge in [0.2, 0.25) is 5.82 Å². The van der Waals surface area contributed by atoms with Crippen LogP contribution < -0.4 is 16.5 Å². The molecular weight excluding hydrogens is 317 g/mol. The van der Waals surface area contributed by atoms with Crippen LogP contribution >= 0.6 is 0 Å². The predicted octanol–water partition coefficient (Wildman–Crippen LogP) is 1.70. The van der Waals surface area contributed by atoms with Gasteiger partial charge in [-0.2, -0.15) is 0 Å². The number of aromatic nitrogens is 2. The zero-order chi connectivity index (χ0) is 17.5. The quantitative estimate of drug-likeness (QED) is 0.224. The first-order valence-electron chi connectivity index (χ1n) is 7.16. The van der Waals surface area contributed by atoms with Crippen LogP contribution in [0, 0.1) is 18.2 Å². The number of aryl methyl sites for hydroxylation is 1. The van der Waals surface area contributed by atoms with Crippen LogP contribution in [-0.2, 0) is 0 Å². The van der Waals surface area contributed by atoms with Gasteiger partial charge in [-0.05, 0) is 47.4 Å². The fourth-order valence-electron chi connectivity index (χ4n) is 1.90. The smallest absolute Gasteiger partial charge is 0.202 e. The second-order valence-corrected chi connectivity index (χ2v) is 5.02. The van der Waals surface area contributed by atoms with Gasteiger partial charge >= 0.3 is 0 Å². The summed E-state index contributed by atoms with van der Waals surface area (Å²) < 4.78 is 18.0. The molecule has 0 aliphatic carbocycles. The van der Waals surface area contributed by atoms with Crippen molar-refractivity contribution in [1.29, 1.82) is 5.41 Å². The molecule has 0 saturated carbocycles. The van der Waals surface area contributed by atoms with Crippen molar-refractivity contribution in [3.8, 4) is 0 Å². The summed E-state index contributed by atoms with van der Waals surface area (Å²) in [5.74, 6) is 0.0265. The van der Waals surface area contributed by atoms with Crippen LogP contribution in [0.3, 0.4) is 0 Å². The molecule has 2 aromatic rings. The molecule has 0 aliphatic rings. The highest BCUT2D eigenvalue weighted by atomic mass is 19.1. The highest BCUT2D eigenvalue weighted by Crippen LogP contribution is 2.19. The number of benzene rings is 1. The molecule has 6 N–H and O–H groups in total. The number of nitrogens with two attached hydrogens (primary N) is 1. The van der Waals surface area contributed by atoms with Crippen molar-refractivity contribution in [2.45, 2.75) is 19.8 Å². The summed E-state index contributed by atoms with van der Waals surface area (Å²) >= 11 is 0. The number of aliphatic imine (C=N–C) groups is 1. The lowest BCUT2D eigenvalue weighted by Gasteiger charge is -2.06. The molecule has 1 aromatic carbocycles. The maximum atomic E-state index is 13.3. The number of rotatable bonds is 7. The number of hydrogen-bond donors (Lipinski definition) is 5. The molecule has 0 spiro atoms. The molecule has 0 bridgehead atoms. The van der Waals surface area contributed by atoms with E-state index in [1.54, 1.807) is 6.92 Å². The van der Waals surface area contributed by atoms with Crippen molar-refractivity contribution in [3.63, 3.8) is 0 Å². The molecule has 0 fully saturated rings. The maximum absolute atomic E-state index is 13.3. The van der Waals surface area contributed by atoms with Crippen molar-refractivity contribution in [2.75, 3.05) is 11.9 Å². The molecule has 1 heterocycles. The van der Waals surface area contributed by atoms with Crippen LogP contribution in [0.25, 0.3) is 0 Å². The minimum atomic E-state index is -0.344. The van der Waals surface area contributed by atoms with Gasteiger partial charge in [-0.25, -0.2) is 14.0 Å². The van der Waals surface area contributed by atoms with Gasteiger partial charge in [0.1, 0.15) is 5.82 Å². The van der Waals surface area contributed by atoms with Crippen molar-refractivity contribution < 1.29 is 14.2 Å². The van der Waals surface area contributed by atoms with Crippen LogP contribution in [0.5, 0.6) is 0 Å². The number of hydrogen-bond acceptors (Lipinski definition) is 7. The molecule has 24 heavy (non-hydrogen) atoms. The Bertz CT molecular complexity index is 744. The first-order chi connectivity index (χ1) is 11.5. The molecule has 0 unspecified atom stereocenters. The summed E-state index contributed by atoms with van der Waals surface area (Å²) in [6, 6.07) is 4.28. The van der Waals surface area contributed by atoms with E-state index in [0.29, 0.717) is 30.6 Å². The van der Waals surface area contributed by atoms with E-state index in [4.69, 9.17) is 11.1 Å². The van der Waals surface area contributed by atoms with Gasteiger partial charge in [0, 0.05) is 13.0 Å². The van der Waals surface area contributed by atoms with Gasteiger partial charge in [0.15, 0.2) is 11.5 Å². The normalized spacial score (nSPS) is 11.4. The third-order valence-electron chi connectivity index (χ3n) is 3.12. The highest BCUT2D eigenvalue weighted by Gasteiger charge is 2.16. The predicted molar refractivity (Wildman–Crippen MR) is 86.2 cm³/mol. The maximum Gasteiger partial charge on any atom is 0.202 e. The molecule has 2 rings (SSSR count). The lowest BCUT2D eigenvalue weighted by atomic mass is 10.2. The number of nitrogens with zero attached hydrogens (tertiary/aromatic N) is 3. The van der Waals surface area contributed by atoms with Crippen LogP contribution in [-0.4, -0.2) is 33.7 Å². The van der Waals surface area contributed by atoms with Crippen LogP contribution in [0.4, 0.5) is 15.9 Å². The van der Waals surface area contributed by atoms with E-state index in [0.717, 1.165) is 0 Å². The molecule has 0 radical (unpaired) electrons. The molecule has 0 atom stereocenters. The molecule has 10 heteroatoms. The second kappa shape index (κ2) is 8.02. The van der Waals surface area contributed by atoms with Gasteiger partial charge in [0.05, 0.1) is 11.5 Å². The van der Waals surface area contributed by atoms with Crippen LogP contribution in [0.15, 0.2) is 27.8 Å². The zero-order valence-corrected chi connectivity index (χ0v) is 13.0. The summed E-state index contributed by atoms with van der Waals surface area (Å²) in [6.45, 7) is 2.09. The molecule has 0 saturated heterocycles. The first-order valence-corrected chi connectivity index (χ1v) is 7.16. The number of hydroxylamine groups is 1. The Morgan fingerprint density at radius 3 is 2.92 bits per heavy atom. The molecule has 0 amide bonds. The lowest BCUT2D eigenvalue weighted by molar-refractivity contribution is 0.234. The van der Waals surface area contributed by atoms with E-state index in [2.05, 4.69) is 25.3 Å². The van der Waals surface area contributed by atoms with E-state index >= 15 is 0 Å². The van der Waals surface area contributed by atoms with Crippen LogP contribution in [0.2, 0.25) is 0 Å². The number of amidine groups is 2. The van der Waals surface area contributed by atoms with Crippen molar-refractivity contribution >= 4 is 23.2 Å². The second-order valence-electron chi connectivity index (χ2n) is 5.02. The monoisotopic (exact) mass is 335 g/mol. The van der Waals surface area contributed by atoms with Gasteiger partial charge in [-0.1, -0.05) is 0 Å². The minimum absolute atomic E-state index is 0.00340. The molecule has 1 aromatic heterocycles. The van der Waals surface area contributed by atoms with Gasteiger partial charge < -0.3 is 11.1 Å². The van der Waals surface area contributed by atoms with Gasteiger partial charge in [-0.15, -0.1) is 0 Å². The van der Waals surface area contributed by atoms with Crippen molar-refractivity contribution in [1.82, 2.24) is 15.8 Å². The Balaban J connectivity index is 2.15. The van der Waals surface area contributed by atoms with E-state index in [1.165, 1.54) is 18.2 Å². The average Bonchev–Trinajstić information content (AvgIpc) is 3.00. The van der Waals surface area contributed by atoms with Gasteiger partial charge in [0.25, 0.3) is 0 Å². The molecule has 0 aliphatic heterocycles. The Labute approximate surface area is 137 Å². The third kappa shape index (κ3) is 4.49. The molecule has 9 nitrogen and oxygen atoms in total. The first kappa shape index (κ1) is 17.3. The summed E-state index contributed by atoms with van der Waals surface area (Å²) in [5.41, 5.74) is 8.24. The average molecular weight is 335 g/mol. The topological polar surface area (TPSA) is 145 Å². The van der Waals surface area contributed by atoms with E-state index in [9.17, 15) is 9.60 Å². The number of nitrogens with one attached hydrogen (secondary N) is 3.